The van der Waals surface area contributed by atoms with Gasteiger partial charge in [0.25, 0.3) is 0 Å². The van der Waals surface area contributed by atoms with Crippen molar-refractivity contribution in [1.29, 1.82) is 0 Å². The average molecular weight is 623 g/mol. The number of hydrogen-bond donors (Lipinski definition) is 0. The van der Waals surface area contributed by atoms with E-state index >= 15 is 0 Å². The van der Waals surface area contributed by atoms with Crippen LogP contribution in [0.25, 0.3) is 67.4 Å². The first-order valence-electron chi connectivity index (χ1n) is 17.6. The van der Waals surface area contributed by atoms with Crippen LogP contribution in [0.15, 0.2) is 72.8 Å². The molecule has 0 saturated heterocycles. The Morgan fingerprint density at radius 3 is 1.52 bits per heavy atom. The molecular weight excluding hydrogens is 575 g/mol. The topological polar surface area (TPSA) is 0 Å². The van der Waals surface area contributed by atoms with Gasteiger partial charge in [0.05, 0.1) is 0 Å². The van der Waals surface area contributed by atoms with Gasteiger partial charge in [0.1, 0.15) is 7.85 Å². The lowest BCUT2D eigenvalue weighted by molar-refractivity contribution is 1.12. The molecule has 0 aromatic heterocycles. The third-order valence-electron chi connectivity index (χ3n) is 12.0. The van der Waals surface area contributed by atoms with E-state index in [1.54, 1.807) is 0 Å². The molecule has 0 bridgehead atoms. The Labute approximate surface area is 288 Å². The highest BCUT2D eigenvalue weighted by atomic mass is 14.3. The molecule has 0 N–H and O–H groups in total. The Morgan fingerprint density at radius 2 is 0.875 bits per heavy atom. The van der Waals surface area contributed by atoms with Gasteiger partial charge in [-0.25, -0.2) is 0 Å². The molecule has 0 heterocycles. The van der Waals surface area contributed by atoms with E-state index in [0.29, 0.717) is 0 Å². The second-order valence-corrected chi connectivity index (χ2v) is 14.3. The van der Waals surface area contributed by atoms with Crippen molar-refractivity contribution in [2.45, 2.75) is 75.2 Å². The van der Waals surface area contributed by atoms with Crippen molar-refractivity contribution in [3.63, 3.8) is 0 Å². The first-order valence-corrected chi connectivity index (χ1v) is 17.6. The van der Waals surface area contributed by atoms with Gasteiger partial charge >= 0.3 is 0 Å². The van der Waals surface area contributed by atoms with Crippen LogP contribution < -0.4 is 15.9 Å². The van der Waals surface area contributed by atoms with Crippen LogP contribution >= 0.6 is 0 Å². The van der Waals surface area contributed by atoms with Gasteiger partial charge < -0.3 is 0 Å². The Balaban J connectivity index is 1.67. The van der Waals surface area contributed by atoms with Crippen molar-refractivity contribution in [2.75, 3.05) is 0 Å². The molecule has 1 aliphatic carbocycles. The largest absolute Gasteiger partial charge is 0.140 e. The molecule has 7 rings (SSSR count). The summed E-state index contributed by atoms with van der Waals surface area (Å²) < 4.78 is 0. The summed E-state index contributed by atoms with van der Waals surface area (Å²) in [5.41, 5.74) is 24.6. The lowest BCUT2D eigenvalue weighted by atomic mass is 9.76. The second-order valence-electron chi connectivity index (χ2n) is 14.3. The van der Waals surface area contributed by atoms with E-state index in [0.717, 1.165) is 12.8 Å². The maximum atomic E-state index is 2.53. The molecule has 0 nitrogen and oxygen atoms in total. The number of hydrogen-bond acceptors (Lipinski definition) is 0. The van der Waals surface area contributed by atoms with Crippen LogP contribution in [0.3, 0.4) is 0 Å². The Hall–Kier alpha value is -4.62. The van der Waals surface area contributed by atoms with Crippen molar-refractivity contribution in [2.24, 2.45) is 0 Å². The van der Waals surface area contributed by atoms with Gasteiger partial charge in [0.15, 0.2) is 0 Å². The standard InChI is InChI=1S/C47H47B/c1-26-27(2)31(6)43(32(7)28(26)3)46-40-21-14-13-20-39(40)45(37-19-15-18-36(24-37)35-16-11-10-12-17-35)41-23-22-38(25-42(41)46)44-33(8)29(4)30(5)34(9)47(44)48/h10-12,15-25H,13-14,48H2,1-9H3. The van der Waals surface area contributed by atoms with E-state index in [-0.39, 0.29) is 0 Å². The molecule has 0 fully saturated rings. The number of fused-ring (bicyclic) bond motifs is 2. The van der Waals surface area contributed by atoms with Crippen LogP contribution in [0.1, 0.15) is 62.9 Å². The van der Waals surface area contributed by atoms with E-state index in [1.807, 2.05) is 0 Å². The summed E-state index contributed by atoms with van der Waals surface area (Å²) >= 11 is 0. The van der Waals surface area contributed by atoms with E-state index in [2.05, 4.69) is 155 Å². The molecule has 6 aromatic carbocycles. The highest BCUT2D eigenvalue weighted by molar-refractivity contribution is 6.37. The fourth-order valence-corrected chi connectivity index (χ4v) is 8.44. The van der Waals surface area contributed by atoms with Gasteiger partial charge in [0.2, 0.25) is 0 Å². The van der Waals surface area contributed by atoms with Crippen molar-refractivity contribution >= 4 is 36.2 Å². The average Bonchev–Trinajstić information content (AvgIpc) is 3.11. The summed E-state index contributed by atoms with van der Waals surface area (Å²) in [5.74, 6) is 0. The minimum atomic E-state index is 1.06. The van der Waals surface area contributed by atoms with Gasteiger partial charge in [-0.15, -0.1) is 0 Å². The smallest absolute Gasteiger partial charge is 0.0779 e. The third kappa shape index (κ3) is 4.90. The van der Waals surface area contributed by atoms with Crippen molar-refractivity contribution in [3.05, 3.63) is 133 Å². The van der Waals surface area contributed by atoms with Gasteiger partial charge in [0, 0.05) is 0 Å². The molecular formula is C47H47B. The quantitative estimate of drug-likeness (QED) is 0.172. The summed E-state index contributed by atoms with van der Waals surface area (Å²) in [7, 11) is 2.31. The van der Waals surface area contributed by atoms with Gasteiger partial charge in [-0.3, -0.25) is 0 Å². The molecule has 1 heteroatoms. The summed E-state index contributed by atoms with van der Waals surface area (Å²) in [5, 5.41) is 5.45. The maximum Gasteiger partial charge on any atom is 0.140 e. The summed E-state index contributed by atoms with van der Waals surface area (Å²) in [6.07, 6.45) is 7.16. The summed E-state index contributed by atoms with van der Waals surface area (Å²) in [6, 6.07) is 27.3. The van der Waals surface area contributed by atoms with E-state index in [1.165, 1.54) is 121 Å². The monoisotopic (exact) mass is 622 g/mol. The van der Waals surface area contributed by atoms with Crippen LogP contribution in [0, 0.1) is 62.3 Å². The van der Waals surface area contributed by atoms with Gasteiger partial charge in [-0.2, -0.15) is 0 Å². The Bertz CT molecular complexity index is 2360. The molecule has 0 atom stereocenters. The van der Waals surface area contributed by atoms with Gasteiger partial charge in [-0.1, -0.05) is 83.8 Å². The molecule has 0 aliphatic heterocycles. The van der Waals surface area contributed by atoms with Gasteiger partial charge in [-0.05, 0) is 198 Å². The molecule has 6 aromatic rings. The van der Waals surface area contributed by atoms with Crippen molar-refractivity contribution < 1.29 is 0 Å². The summed E-state index contributed by atoms with van der Waals surface area (Å²) in [6.45, 7) is 20.8. The van der Waals surface area contributed by atoms with Crippen molar-refractivity contribution in [3.8, 4) is 44.5 Å². The highest BCUT2D eigenvalue weighted by Gasteiger charge is 2.23. The molecule has 0 unspecified atom stereocenters. The zero-order chi connectivity index (χ0) is 34.0. The molecule has 48 heavy (non-hydrogen) atoms. The fourth-order valence-electron chi connectivity index (χ4n) is 8.44. The lowest BCUT2D eigenvalue weighted by Crippen LogP contribution is -2.32. The van der Waals surface area contributed by atoms with Crippen LogP contribution in [0.5, 0.6) is 0 Å². The van der Waals surface area contributed by atoms with Crippen molar-refractivity contribution in [1.82, 2.24) is 0 Å². The molecule has 0 amide bonds. The van der Waals surface area contributed by atoms with E-state index in [4.69, 9.17) is 0 Å². The minimum Gasteiger partial charge on any atom is -0.0779 e. The zero-order valence-corrected chi connectivity index (χ0v) is 30.5. The fraction of sp³-hybridized carbons (Fsp3) is 0.234. The Kier molecular flexibility index (Phi) is 8.07. The summed E-state index contributed by atoms with van der Waals surface area (Å²) in [4.78, 5) is 0. The predicted molar refractivity (Wildman–Crippen MR) is 214 cm³/mol. The molecule has 0 saturated carbocycles. The maximum absolute atomic E-state index is 2.53. The van der Waals surface area contributed by atoms with Crippen LogP contribution in [-0.4, -0.2) is 7.85 Å². The molecule has 0 radical (unpaired) electrons. The first kappa shape index (κ1) is 32.0. The SMILES string of the molecule is Bc1c(C)c(C)c(C)c(C)c1-c1ccc2c(-c3cccc(-c4ccccc4)c3)c3c(c(-c4c(C)c(C)c(C)c(C)c4C)c2c1)=CCCC=3. The van der Waals surface area contributed by atoms with E-state index in [9.17, 15) is 0 Å². The Morgan fingerprint density at radius 1 is 0.375 bits per heavy atom. The molecule has 1 aliphatic rings. The van der Waals surface area contributed by atoms with Crippen LogP contribution in [0.2, 0.25) is 0 Å². The normalized spacial score (nSPS) is 12.5. The third-order valence-corrected chi connectivity index (χ3v) is 12.0. The zero-order valence-electron chi connectivity index (χ0n) is 30.5. The lowest BCUT2D eigenvalue weighted by Gasteiger charge is -2.24. The van der Waals surface area contributed by atoms with Crippen LogP contribution in [-0.2, 0) is 0 Å². The van der Waals surface area contributed by atoms with E-state index < -0.39 is 0 Å². The van der Waals surface area contributed by atoms with Crippen LogP contribution in [0.4, 0.5) is 0 Å². The molecule has 0 spiro atoms. The predicted octanol–water partition coefficient (Wildman–Crippen LogP) is 9.90. The second kappa shape index (κ2) is 12.1. The molecule has 238 valence electrons. The number of benzene rings is 6. The number of rotatable bonds is 4. The highest BCUT2D eigenvalue weighted by Crippen LogP contribution is 2.41. The first-order chi connectivity index (χ1) is 23.0. The minimum absolute atomic E-state index is 1.06.